The van der Waals surface area contributed by atoms with Crippen molar-refractivity contribution in [3.63, 3.8) is 0 Å². The lowest BCUT2D eigenvalue weighted by Crippen LogP contribution is -2.21. The van der Waals surface area contributed by atoms with Gasteiger partial charge in [-0.05, 0) is 59.0 Å². The van der Waals surface area contributed by atoms with Crippen molar-refractivity contribution in [2.24, 2.45) is 0 Å². The van der Waals surface area contributed by atoms with Crippen LogP contribution in [-0.2, 0) is 19.4 Å². The number of halogens is 1. The van der Waals surface area contributed by atoms with E-state index in [4.69, 9.17) is 0 Å². The summed E-state index contributed by atoms with van der Waals surface area (Å²) in [7, 11) is 0. The topological polar surface area (TPSA) is 29.1 Å². The van der Waals surface area contributed by atoms with E-state index in [0.29, 0.717) is 6.54 Å². The highest BCUT2D eigenvalue weighted by Crippen LogP contribution is 2.30. The predicted octanol–water partition coefficient (Wildman–Crippen LogP) is 3.99. The Morgan fingerprint density at radius 3 is 2.94 bits per heavy atom. The van der Waals surface area contributed by atoms with Crippen LogP contribution in [0.2, 0.25) is 0 Å². The molecule has 1 amide bonds. The van der Waals surface area contributed by atoms with Gasteiger partial charge < -0.3 is 5.32 Å². The molecule has 0 unspecified atom stereocenters. The monoisotopic (exact) mass is 341 g/mol. The highest BCUT2D eigenvalue weighted by atomic mass is 79.9. The highest BCUT2D eigenvalue weighted by Gasteiger charge is 2.15. The fraction of sp³-hybridized carbons (Fsp3) is 0.308. The van der Waals surface area contributed by atoms with Crippen LogP contribution >= 0.6 is 38.6 Å². The van der Waals surface area contributed by atoms with E-state index in [9.17, 15) is 4.79 Å². The molecule has 1 aliphatic rings. The normalized spacial score (nSPS) is 13.6. The third kappa shape index (κ3) is 2.53. The second-order valence-electron chi connectivity index (χ2n) is 4.30. The van der Waals surface area contributed by atoms with Crippen LogP contribution in [0.3, 0.4) is 0 Å². The Labute approximate surface area is 122 Å². The number of carbonyl (C=O) groups is 1. The van der Waals surface area contributed by atoms with Crippen LogP contribution in [0.1, 0.15) is 31.4 Å². The molecule has 0 aliphatic heterocycles. The fourth-order valence-electron chi connectivity index (χ4n) is 2.17. The molecule has 18 heavy (non-hydrogen) atoms. The molecule has 0 fully saturated rings. The van der Waals surface area contributed by atoms with Gasteiger partial charge >= 0.3 is 0 Å². The molecular weight excluding hydrogens is 330 g/mol. The number of amides is 1. The minimum Gasteiger partial charge on any atom is -0.346 e. The first kappa shape index (κ1) is 12.4. The van der Waals surface area contributed by atoms with Gasteiger partial charge in [0, 0.05) is 9.75 Å². The number of hydrogen-bond acceptors (Lipinski definition) is 3. The standard InChI is InChI=1S/C13H12BrNOS2/c14-12-5-4-11(18-12)13(16)15-7-9-6-8-2-1-3-10(8)17-9/h4-6H,1-3,7H2,(H,15,16). The molecule has 5 heteroatoms. The number of aryl methyl sites for hydroxylation is 2. The zero-order valence-corrected chi connectivity index (χ0v) is 12.9. The summed E-state index contributed by atoms with van der Waals surface area (Å²) in [5.74, 6) is 0.0132. The van der Waals surface area contributed by atoms with E-state index in [1.54, 1.807) is 0 Å². The molecule has 2 aromatic heterocycles. The van der Waals surface area contributed by atoms with Gasteiger partial charge in [-0.1, -0.05) is 0 Å². The summed E-state index contributed by atoms with van der Waals surface area (Å²) < 4.78 is 0.989. The average Bonchev–Trinajstić information content (AvgIpc) is 3.00. The lowest BCUT2D eigenvalue weighted by atomic mass is 10.2. The summed E-state index contributed by atoms with van der Waals surface area (Å²) >= 11 is 6.67. The van der Waals surface area contributed by atoms with Crippen molar-refractivity contribution >= 4 is 44.5 Å². The predicted molar refractivity (Wildman–Crippen MR) is 79.5 cm³/mol. The number of hydrogen-bond donors (Lipinski definition) is 1. The van der Waals surface area contributed by atoms with Crippen LogP contribution < -0.4 is 5.32 Å². The molecule has 0 saturated carbocycles. The van der Waals surface area contributed by atoms with Gasteiger partial charge in [-0.25, -0.2) is 0 Å². The van der Waals surface area contributed by atoms with E-state index < -0.39 is 0 Å². The molecule has 0 radical (unpaired) electrons. The summed E-state index contributed by atoms with van der Waals surface area (Å²) in [6.45, 7) is 0.645. The molecule has 0 spiro atoms. The molecule has 0 saturated heterocycles. The Morgan fingerprint density at radius 1 is 1.33 bits per heavy atom. The van der Waals surface area contributed by atoms with Gasteiger partial charge in [0.2, 0.25) is 0 Å². The van der Waals surface area contributed by atoms with Gasteiger partial charge in [-0.3, -0.25) is 4.79 Å². The largest absolute Gasteiger partial charge is 0.346 e. The number of carbonyl (C=O) groups excluding carboxylic acids is 1. The first-order valence-corrected chi connectivity index (χ1v) is 8.29. The van der Waals surface area contributed by atoms with Crippen molar-refractivity contribution in [2.45, 2.75) is 25.8 Å². The maximum Gasteiger partial charge on any atom is 0.261 e. The minimum atomic E-state index is 0.0132. The molecule has 2 heterocycles. The maximum atomic E-state index is 11.9. The molecule has 1 N–H and O–H groups in total. The van der Waals surface area contributed by atoms with Crippen LogP contribution in [0.25, 0.3) is 0 Å². The van der Waals surface area contributed by atoms with Crippen LogP contribution in [0.4, 0.5) is 0 Å². The third-order valence-corrected chi connectivity index (χ3v) is 5.88. The van der Waals surface area contributed by atoms with Crippen LogP contribution in [-0.4, -0.2) is 5.91 Å². The Bertz CT molecular complexity index is 566. The van der Waals surface area contributed by atoms with Crippen molar-refractivity contribution < 1.29 is 4.79 Å². The van der Waals surface area contributed by atoms with Gasteiger partial charge in [0.25, 0.3) is 5.91 Å². The zero-order chi connectivity index (χ0) is 12.5. The van der Waals surface area contributed by atoms with Crippen molar-refractivity contribution in [1.82, 2.24) is 5.32 Å². The van der Waals surface area contributed by atoms with Gasteiger partial charge in [-0.2, -0.15) is 0 Å². The fourth-order valence-corrected chi connectivity index (χ4v) is 4.67. The summed E-state index contributed by atoms with van der Waals surface area (Å²) in [6, 6.07) is 6.00. The lowest BCUT2D eigenvalue weighted by Gasteiger charge is -2.01. The number of rotatable bonds is 3. The first-order chi connectivity index (χ1) is 8.72. The van der Waals surface area contributed by atoms with Crippen LogP contribution in [0.5, 0.6) is 0 Å². The molecule has 2 aromatic rings. The van der Waals surface area contributed by atoms with Gasteiger partial charge in [-0.15, -0.1) is 22.7 Å². The third-order valence-electron chi connectivity index (χ3n) is 3.02. The smallest absolute Gasteiger partial charge is 0.261 e. The van der Waals surface area contributed by atoms with Crippen molar-refractivity contribution in [3.8, 4) is 0 Å². The number of nitrogens with one attached hydrogen (secondary N) is 1. The average molecular weight is 342 g/mol. The maximum absolute atomic E-state index is 11.9. The number of fused-ring (bicyclic) bond motifs is 1. The number of thiophene rings is 2. The Balaban J connectivity index is 1.62. The van der Waals surface area contributed by atoms with Crippen LogP contribution in [0, 0.1) is 0 Å². The van der Waals surface area contributed by atoms with E-state index in [2.05, 4.69) is 27.3 Å². The lowest BCUT2D eigenvalue weighted by molar-refractivity contribution is 0.0955. The molecule has 0 atom stereocenters. The van der Waals surface area contributed by atoms with E-state index in [-0.39, 0.29) is 5.91 Å². The molecule has 0 aromatic carbocycles. The Kier molecular flexibility index (Phi) is 3.54. The Hall–Kier alpha value is -0.650. The second kappa shape index (κ2) is 5.15. The second-order valence-corrected chi connectivity index (χ2v) is 7.99. The molecule has 94 valence electrons. The van der Waals surface area contributed by atoms with Crippen LogP contribution in [0.15, 0.2) is 22.0 Å². The van der Waals surface area contributed by atoms with E-state index >= 15 is 0 Å². The summed E-state index contributed by atoms with van der Waals surface area (Å²) in [5, 5.41) is 2.98. The van der Waals surface area contributed by atoms with E-state index in [1.807, 2.05) is 23.5 Å². The van der Waals surface area contributed by atoms with Gasteiger partial charge in [0.1, 0.15) is 0 Å². The molecule has 1 aliphatic carbocycles. The molecule has 3 rings (SSSR count). The quantitative estimate of drug-likeness (QED) is 0.898. The summed E-state index contributed by atoms with van der Waals surface area (Å²) in [4.78, 5) is 15.4. The SMILES string of the molecule is O=C(NCc1cc2c(s1)CCC2)c1ccc(Br)s1. The summed E-state index contributed by atoms with van der Waals surface area (Å²) in [6.07, 6.45) is 3.71. The molecule has 0 bridgehead atoms. The zero-order valence-electron chi connectivity index (χ0n) is 9.66. The van der Waals surface area contributed by atoms with Crippen molar-refractivity contribution in [1.29, 1.82) is 0 Å². The first-order valence-electron chi connectivity index (χ1n) is 5.86. The summed E-state index contributed by atoms with van der Waals surface area (Å²) in [5.41, 5.74) is 1.49. The highest BCUT2D eigenvalue weighted by molar-refractivity contribution is 9.11. The van der Waals surface area contributed by atoms with Gasteiger partial charge in [0.15, 0.2) is 0 Å². The molecule has 2 nitrogen and oxygen atoms in total. The van der Waals surface area contributed by atoms with Crippen molar-refractivity contribution in [2.75, 3.05) is 0 Å². The molecular formula is C13H12BrNOS2. The van der Waals surface area contributed by atoms with Gasteiger partial charge in [0.05, 0.1) is 15.2 Å². The minimum absolute atomic E-state index is 0.0132. The van der Waals surface area contributed by atoms with Crippen molar-refractivity contribution in [3.05, 3.63) is 42.2 Å². The van der Waals surface area contributed by atoms with E-state index in [1.165, 1.54) is 45.9 Å². The Morgan fingerprint density at radius 2 is 2.22 bits per heavy atom. The van der Waals surface area contributed by atoms with E-state index in [0.717, 1.165) is 8.66 Å².